The SMILES string of the molecule is COc1cc(CNn2c(-c3ccccc3)n[nH]c2=S)c(Br)cc1OCc1ccccc1C. The predicted octanol–water partition coefficient (Wildman–Crippen LogP) is 6.01. The van der Waals surface area contributed by atoms with Crippen molar-refractivity contribution in [2.75, 3.05) is 12.5 Å². The van der Waals surface area contributed by atoms with Gasteiger partial charge in [-0.15, -0.1) is 0 Å². The van der Waals surface area contributed by atoms with Gasteiger partial charge >= 0.3 is 0 Å². The standard InChI is InChI=1S/C24H23BrN4O2S/c1-16-8-6-7-11-18(16)15-31-22-13-20(25)19(12-21(22)30-2)14-26-29-23(27-28-24(29)32)17-9-4-3-5-10-17/h3-13,26H,14-15H2,1-2H3,(H,28,32). The van der Waals surface area contributed by atoms with Gasteiger partial charge in [-0.3, -0.25) is 0 Å². The van der Waals surface area contributed by atoms with Gasteiger partial charge in [-0.1, -0.05) is 70.5 Å². The molecule has 0 atom stereocenters. The number of aryl methyl sites for hydroxylation is 1. The lowest BCUT2D eigenvalue weighted by molar-refractivity contribution is 0.283. The van der Waals surface area contributed by atoms with E-state index >= 15 is 0 Å². The Hall–Kier alpha value is -3.10. The van der Waals surface area contributed by atoms with Gasteiger partial charge in [-0.25, -0.2) is 9.77 Å². The van der Waals surface area contributed by atoms with Crippen molar-refractivity contribution in [1.29, 1.82) is 0 Å². The number of methoxy groups -OCH3 is 1. The van der Waals surface area contributed by atoms with Gasteiger partial charge < -0.3 is 14.9 Å². The second kappa shape index (κ2) is 10.0. The van der Waals surface area contributed by atoms with E-state index < -0.39 is 0 Å². The number of hydrogen-bond acceptors (Lipinski definition) is 5. The van der Waals surface area contributed by atoms with Gasteiger partial charge in [0, 0.05) is 10.0 Å². The van der Waals surface area contributed by atoms with Crippen molar-refractivity contribution in [3.05, 3.63) is 92.7 Å². The number of aromatic nitrogens is 3. The second-order valence-corrected chi connectivity index (χ2v) is 8.44. The fourth-order valence-electron chi connectivity index (χ4n) is 3.30. The van der Waals surface area contributed by atoms with Crippen LogP contribution in [0.5, 0.6) is 11.5 Å². The van der Waals surface area contributed by atoms with Crippen LogP contribution in [0.15, 0.2) is 71.2 Å². The number of ether oxygens (including phenoxy) is 2. The van der Waals surface area contributed by atoms with E-state index in [9.17, 15) is 0 Å². The van der Waals surface area contributed by atoms with Gasteiger partial charge in [0.05, 0.1) is 13.7 Å². The Balaban J connectivity index is 1.53. The summed E-state index contributed by atoms with van der Waals surface area (Å²) in [7, 11) is 1.64. The Morgan fingerprint density at radius 1 is 1.03 bits per heavy atom. The predicted molar refractivity (Wildman–Crippen MR) is 132 cm³/mol. The van der Waals surface area contributed by atoms with Crippen molar-refractivity contribution < 1.29 is 9.47 Å². The maximum atomic E-state index is 6.06. The summed E-state index contributed by atoms with van der Waals surface area (Å²) in [4.78, 5) is 0. The molecule has 2 N–H and O–H groups in total. The first kappa shape index (κ1) is 22.1. The van der Waals surface area contributed by atoms with Crippen LogP contribution in [0.2, 0.25) is 0 Å². The van der Waals surface area contributed by atoms with Crippen molar-refractivity contribution in [3.8, 4) is 22.9 Å². The maximum absolute atomic E-state index is 6.06. The molecule has 0 bridgehead atoms. The van der Waals surface area contributed by atoms with Crippen LogP contribution in [-0.2, 0) is 13.2 Å². The topological polar surface area (TPSA) is 64.1 Å². The monoisotopic (exact) mass is 510 g/mol. The van der Waals surface area contributed by atoms with Crippen molar-refractivity contribution in [3.63, 3.8) is 0 Å². The maximum Gasteiger partial charge on any atom is 0.214 e. The van der Waals surface area contributed by atoms with Gasteiger partial charge in [-0.05, 0) is 48.0 Å². The first-order chi connectivity index (χ1) is 15.6. The molecule has 3 aromatic carbocycles. The van der Waals surface area contributed by atoms with Crippen LogP contribution in [0.3, 0.4) is 0 Å². The molecule has 8 heteroatoms. The Morgan fingerprint density at radius 2 is 1.78 bits per heavy atom. The third-order valence-electron chi connectivity index (χ3n) is 5.11. The number of nitrogens with zero attached hydrogens (tertiary/aromatic N) is 2. The number of H-pyrrole nitrogens is 1. The van der Waals surface area contributed by atoms with Crippen LogP contribution in [0, 0.1) is 11.7 Å². The quantitative estimate of drug-likeness (QED) is 0.284. The van der Waals surface area contributed by atoms with Gasteiger partial charge in [-0.2, -0.15) is 5.10 Å². The molecule has 0 saturated carbocycles. The molecule has 4 aromatic rings. The number of hydrogen-bond donors (Lipinski definition) is 2. The van der Waals surface area contributed by atoms with Crippen LogP contribution >= 0.6 is 28.1 Å². The number of benzene rings is 3. The van der Waals surface area contributed by atoms with Crippen molar-refractivity contribution in [2.24, 2.45) is 0 Å². The highest BCUT2D eigenvalue weighted by atomic mass is 79.9. The summed E-state index contributed by atoms with van der Waals surface area (Å²) < 4.78 is 14.8. The first-order valence-corrected chi connectivity index (χ1v) is 11.3. The molecule has 0 radical (unpaired) electrons. The van der Waals surface area contributed by atoms with Crippen LogP contribution in [-0.4, -0.2) is 22.0 Å². The van der Waals surface area contributed by atoms with Crippen LogP contribution in [0.4, 0.5) is 0 Å². The molecule has 164 valence electrons. The second-order valence-electron chi connectivity index (χ2n) is 7.20. The average Bonchev–Trinajstić information content (AvgIpc) is 3.18. The number of halogens is 1. The third-order valence-corrected chi connectivity index (χ3v) is 6.12. The molecular formula is C24H23BrN4O2S. The first-order valence-electron chi connectivity index (χ1n) is 10.1. The molecule has 0 unspecified atom stereocenters. The molecule has 0 spiro atoms. The summed E-state index contributed by atoms with van der Waals surface area (Å²) in [5, 5.41) is 7.21. The third kappa shape index (κ3) is 4.87. The number of rotatable bonds is 8. The lowest BCUT2D eigenvalue weighted by Crippen LogP contribution is -2.16. The Kier molecular flexibility index (Phi) is 6.92. The number of aromatic amines is 1. The zero-order valence-electron chi connectivity index (χ0n) is 17.8. The van der Waals surface area contributed by atoms with Gasteiger partial charge in [0.15, 0.2) is 17.3 Å². The Bertz CT molecular complexity index is 1270. The van der Waals surface area contributed by atoms with E-state index in [0.717, 1.165) is 27.0 Å². The largest absolute Gasteiger partial charge is 0.493 e. The molecule has 32 heavy (non-hydrogen) atoms. The summed E-state index contributed by atoms with van der Waals surface area (Å²) in [5.74, 6) is 2.06. The molecule has 0 aliphatic heterocycles. The van der Waals surface area contributed by atoms with E-state index in [0.29, 0.717) is 29.4 Å². The highest BCUT2D eigenvalue weighted by molar-refractivity contribution is 9.10. The highest BCUT2D eigenvalue weighted by Gasteiger charge is 2.13. The van der Waals surface area contributed by atoms with E-state index in [4.69, 9.17) is 21.7 Å². The molecule has 1 aromatic heterocycles. The minimum atomic E-state index is 0.470. The van der Waals surface area contributed by atoms with Gasteiger partial charge in [0.2, 0.25) is 4.77 Å². The van der Waals surface area contributed by atoms with E-state index in [-0.39, 0.29) is 0 Å². The minimum Gasteiger partial charge on any atom is -0.493 e. The molecule has 0 amide bonds. The van der Waals surface area contributed by atoms with Crippen molar-refractivity contribution in [2.45, 2.75) is 20.1 Å². The molecule has 1 heterocycles. The lowest BCUT2D eigenvalue weighted by Gasteiger charge is -2.16. The summed E-state index contributed by atoms with van der Waals surface area (Å²) in [5.41, 5.74) is 7.63. The zero-order chi connectivity index (χ0) is 22.5. The van der Waals surface area contributed by atoms with Crippen LogP contribution in [0.25, 0.3) is 11.4 Å². The normalized spacial score (nSPS) is 10.7. The van der Waals surface area contributed by atoms with Crippen molar-refractivity contribution in [1.82, 2.24) is 14.9 Å². The summed E-state index contributed by atoms with van der Waals surface area (Å²) in [6.07, 6.45) is 0. The van der Waals surface area contributed by atoms with Crippen LogP contribution < -0.4 is 14.9 Å². The van der Waals surface area contributed by atoms with Crippen molar-refractivity contribution >= 4 is 28.1 Å². The minimum absolute atomic E-state index is 0.470. The molecule has 0 saturated heterocycles. The molecule has 4 rings (SSSR count). The molecule has 0 aliphatic rings. The van der Waals surface area contributed by atoms with E-state index in [1.807, 2.05) is 54.6 Å². The molecule has 0 aliphatic carbocycles. The average molecular weight is 511 g/mol. The zero-order valence-corrected chi connectivity index (χ0v) is 20.2. The van der Waals surface area contributed by atoms with E-state index in [1.54, 1.807) is 11.8 Å². The number of nitrogens with one attached hydrogen (secondary N) is 2. The van der Waals surface area contributed by atoms with E-state index in [1.165, 1.54) is 5.56 Å². The van der Waals surface area contributed by atoms with Crippen LogP contribution in [0.1, 0.15) is 16.7 Å². The molecule has 0 fully saturated rings. The fourth-order valence-corrected chi connectivity index (χ4v) is 3.96. The molecular weight excluding hydrogens is 488 g/mol. The molecule has 6 nitrogen and oxygen atoms in total. The van der Waals surface area contributed by atoms with Gasteiger partial charge in [0.25, 0.3) is 0 Å². The highest BCUT2D eigenvalue weighted by Crippen LogP contribution is 2.34. The Labute approximate surface area is 200 Å². The summed E-state index contributed by atoms with van der Waals surface area (Å²) in [6, 6.07) is 21.9. The Morgan fingerprint density at radius 3 is 2.53 bits per heavy atom. The van der Waals surface area contributed by atoms with Gasteiger partial charge in [0.1, 0.15) is 6.61 Å². The summed E-state index contributed by atoms with van der Waals surface area (Å²) >= 11 is 9.07. The summed E-state index contributed by atoms with van der Waals surface area (Å²) in [6.45, 7) is 3.05. The van der Waals surface area contributed by atoms with E-state index in [2.05, 4.69) is 50.6 Å². The lowest BCUT2D eigenvalue weighted by atomic mass is 10.1. The smallest absolute Gasteiger partial charge is 0.214 e. The fraction of sp³-hybridized carbons (Fsp3) is 0.167.